The predicted molar refractivity (Wildman–Crippen MR) is 119 cm³/mol. The van der Waals surface area contributed by atoms with Gasteiger partial charge >= 0.3 is 6.18 Å². The van der Waals surface area contributed by atoms with Crippen molar-refractivity contribution in [1.82, 2.24) is 20.1 Å². The first-order chi connectivity index (χ1) is 16.1. The number of rotatable bonds is 6. The molecule has 180 valence electrons. The summed E-state index contributed by atoms with van der Waals surface area (Å²) in [4.78, 5) is 11.7. The van der Waals surface area contributed by atoms with E-state index in [2.05, 4.69) is 19.5 Å². The van der Waals surface area contributed by atoms with Crippen LogP contribution in [0.4, 0.5) is 18.9 Å². The van der Waals surface area contributed by atoms with Crippen molar-refractivity contribution in [2.24, 2.45) is 0 Å². The van der Waals surface area contributed by atoms with Gasteiger partial charge in [0.15, 0.2) is 5.82 Å². The normalized spacial score (nSPS) is 14.2. The number of aryl methyl sites for hydroxylation is 1. The molecule has 0 saturated heterocycles. The average Bonchev–Trinajstić information content (AvgIpc) is 3.05. The Bertz CT molecular complexity index is 1290. The van der Waals surface area contributed by atoms with Gasteiger partial charge in [0, 0.05) is 29.8 Å². The molecule has 1 aromatic heterocycles. The van der Waals surface area contributed by atoms with Crippen LogP contribution in [-0.2, 0) is 23.0 Å². The summed E-state index contributed by atoms with van der Waals surface area (Å²) in [6, 6.07) is 11.4. The van der Waals surface area contributed by atoms with Crippen LogP contribution in [-0.4, -0.2) is 41.8 Å². The van der Waals surface area contributed by atoms with Crippen molar-refractivity contribution in [2.75, 3.05) is 11.3 Å². The molecule has 0 fully saturated rings. The van der Waals surface area contributed by atoms with E-state index in [1.165, 1.54) is 0 Å². The topological polar surface area (TPSA) is 106 Å². The van der Waals surface area contributed by atoms with Crippen LogP contribution in [0.25, 0.3) is 11.4 Å². The van der Waals surface area contributed by atoms with E-state index in [1.807, 2.05) is 6.07 Å². The van der Waals surface area contributed by atoms with Crippen molar-refractivity contribution >= 4 is 21.6 Å². The number of hydrogen-bond donors (Lipinski definition) is 2. The van der Waals surface area contributed by atoms with E-state index in [0.29, 0.717) is 11.5 Å². The van der Waals surface area contributed by atoms with Crippen molar-refractivity contribution in [3.63, 3.8) is 0 Å². The van der Waals surface area contributed by atoms with Gasteiger partial charge in [0.25, 0.3) is 15.9 Å². The molecule has 12 heteroatoms. The van der Waals surface area contributed by atoms with E-state index >= 15 is 0 Å². The molecule has 8 nitrogen and oxygen atoms in total. The van der Waals surface area contributed by atoms with Crippen LogP contribution >= 0.6 is 0 Å². The van der Waals surface area contributed by atoms with E-state index in [0.717, 1.165) is 67.9 Å². The van der Waals surface area contributed by atoms with Crippen LogP contribution in [0.15, 0.2) is 53.4 Å². The number of amides is 1. The number of anilines is 1. The Hall–Kier alpha value is -3.41. The number of sulfonamides is 1. The standard InChI is InChI=1S/C22H22F3N5O3S/c23-22(24,25)14-26-21(31)15-8-10-18(11-9-15)34(32,33)29-17-6-4-5-16(13-17)20-28-27-19-7-2-1-3-12-30(19)20/h4-6,8-11,13,29H,1-3,7,12,14H2,(H,26,31). The summed E-state index contributed by atoms with van der Waals surface area (Å²) in [5, 5.41) is 10.3. The third-order valence-electron chi connectivity index (χ3n) is 5.36. The van der Waals surface area contributed by atoms with Gasteiger partial charge in [0.1, 0.15) is 12.4 Å². The summed E-state index contributed by atoms with van der Waals surface area (Å²) in [5.41, 5.74) is 0.950. The van der Waals surface area contributed by atoms with E-state index in [9.17, 15) is 26.4 Å². The molecule has 1 amide bonds. The molecule has 1 aliphatic rings. The van der Waals surface area contributed by atoms with Crippen LogP contribution in [0.1, 0.15) is 35.4 Å². The molecular weight excluding hydrogens is 471 g/mol. The number of alkyl halides is 3. The molecule has 1 aliphatic heterocycles. The molecule has 34 heavy (non-hydrogen) atoms. The summed E-state index contributed by atoms with van der Waals surface area (Å²) in [6.07, 6.45) is -0.493. The van der Waals surface area contributed by atoms with Crippen LogP contribution in [0.5, 0.6) is 0 Å². The maximum atomic E-state index is 12.8. The molecule has 0 bridgehead atoms. The van der Waals surface area contributed by atoms with Crippen molar-refractivity contribution < 1.29 is 26.4 Å². The second-order valence-corrected chi connectivity index (χ2v) is 9.59. The molecule has 2 aromatic carbocycles. The lowest BCUT2D eigenvalue weighted by atomic mass is 10.2. The lowest BCUT2D eigenvalue weighted by molar-refractivity contribution is -0.123. The molecule has 0 aliphatic carbocycles. The minimum absolute atomic E-state index is 0.0855. The number of carbonyl (C=O) groups is 1. The highest BCUT2D eigenvalue weighted by Gasteiger charge is 2.28. The van der Waals surface area contributed by atoms with Gasteiger partial charge in [-0.3, -0.25) is 9.52 Å². The zero-order valence-electron chi connectivity index (χ0n) is 18.0. The third-order valence-corrected chi connectivity index (χ3v) is 6.76. The lowest BCUT2D eigenvalue weighted by Crippen LogP contribution is -2.33. The highest BCUT2D eigenvalue weighted by molar-refractivity contribution is 7.92. The van der Waals surface area contributed by atoms with E-state index in [-0.39, 0.29) is 10.5 Å². The Morgan fingerprint density at radius 1 is 1.03 bits per heavy atom. The monoisotopic (exact) mass is 493 g/mol. The lowest BCUT2D eigenvalue weighted by Gasteiger charge is -2.11. The van der Waals surface area contributed by atoms with Gasteiger partial charge in [0.2, 0.25) is 0 Å². The number of carbonyl (C=O) groups excluding carboxylic acids is 1. The first-order valence-corrected chi connectivity index (χ1v) is 12.1. The summed E-state index contributed by atoms with van der Waals surface area (Å²) >= 11 is 0. The molecule has 0 atom stereocenters. The number of benzene rings is 2. The Balaban J connectivity index is 1.50. The predicted octanol–water partition coefficient (Wildman–Crippen LogP) is 3.76. The van der Waals surface area contributed by atoms with Crippen molar-refractivity contribution in [2.45, 2.75) is 43.3 Å². The smallest absolute Gasteiger partial charge is 0.343 e. The fourth-order valence-electron chi connectivity index (χ4n) is 3.70. The van der Waals surface area contributed by atoms with Gasteiger partial charge in [-0.1, -0.05) is 18.6 Å². The molecule has 4 rings (SSSR count). The minimum atomic E-state index is -4.54. The minimum Gasteiger partial charge on any atom is -0.343 e. The van der Waals surface area contributed by atoms with Gasteiger partial charge in [-0.2, -0.15) is 13.2 Å². The van der Waals surface area contributed by atoms with Gasteiger partial charge in [0.05, 0.1) is 4.90 Å². The van der Waals surface area contributed by atoms with Crippen molar-refractivity contribution in [3.8, 4) is 11.4 Å². The van der Waals surface area contributed by atoms with Gasteiger partial charge < -0.3 is 9.88 Å². The fourth-order valence-corrected chi connectivity index (χ4v) is 4.75. The Morgan fingerprint density at radius 2 is 1.79 bits per heavy atom. The first-order valence-electron chi connectivity index (χ1n) is 10.6. The molecule has 0 spiro atoms. The zero-order valence-corrected chi connectivity index (χ0v) is 18.8. The number of fused-ring (bicyclic) bond motifs is 1. The molecular formula is C22H22F3N5O3S. The summed E-state index contributed by atoms with van der Waals surface area (Å²) in [6.45, 7) is -0.671. The Labute approximate surface area is 194 Å². The Morgan fingerprint density at radius 3 is 2.53 bits per heavy atom. The highest BCUT2D eigenvalue weighted by Crippen LogP contribution is 2.26. The van der Waals surface area contributed by atoms with E-state index in [1.54, 1.807) is 23.5 Å². The van der Waals surface area contributed by atoms with Crippen molar-refractivity contribution in [1.29, 1.82) is 0 Å². The molecule has 3 aromatic rings. The second-order valence-electron chi connectivity index (χ2n) is 7.91. The van der Waals surface area contributed by atoms with Gasteiger partial charge in [-0.15, -0.1) is 10.2 Å². The van der Waals surface area contributed by atoms with Crippen LogP contribution in [0.3, 0.4) is 0 Å². The Kier molecular flexibility index (Phi) is 6.60. The summed E-state index contributed by atoms with van der Waals surface area (Å²) in [7, 11) is -4.00. The van der Waals surface area contributed by atoms with Crippen molar-refractivity contribution in [3.05, 3.63) is 59.9 Å². The van der Waals surface area contributed by atoms with E-state index < -0.39 is 28.7 Å². The second kappa shape index (κ2) is 9.45. The maximum Gasteiger partial charge on any atom is 0.405 e. The summed E-state index contributed by atoms with van der Waals surface area (Å²) < 4.78 is 67.0. The quantitative estimate of drug-likeness (QED) is 0.544. The van der Waals surface area contributed by atoms with E-state index in [4.69, 9.17) is 0 Å². The third kappa shape index (κ3) is 5.56. The fraction of sp³-hybridized carbons (Fsp3) is 0.318. The van der Waals surface area contributed by atoms with Crippen LogP contribution < -0.4 is 10.0 Å². The average molecular weight is 494 g/mol. The number of halogens is 3. The molecule has 2 heterocycles. The van der Waals surface area contributed by atoms with Gasteiger partial charge in [-0.05, 0) is 49.2 Å². The number of nitrogens with one attached hydrogen (secondary N) is 2. The van der Waals surface area contributed by atoms with Gasteiger partial charge in [-0.25, -0.2) is 8.42 Å². The summed E-state index contributed by atoms with van der Waals surface area (Å²) in [5.74, 6) is 0.638. The molecule has 0 radical (unpaired) electrons. The highest BCUT2D eigenvalue weighted by atomic mass is 32.2. The molecule has 0 saturated carbocycles. The number of nitrogens with zero attached hydrogens (tertiary/aromatic N) is 3. The maximum absolute atomic E-state index is 12.8. The van der Waals surface area contributed by atoms with Crippen LogP contribution in [0.2, 0.25) is 0 Å². The van der Waals surface area contributed by atoms with Crippen LogP contribution in [0, 0.1) is 0 Å². The largest absolute Gasteiger partial charge is 0.405 e. The number of aromatic nitrogens is 3. The zero-order chi connectivity index (χ0) is 24.3. The SMILES string of the molecule is O=C(NCC(F)(F)F)c1ccc(S(=O)(=O)Nc2cccc(-c3nnc4n3CCCCC4)c2)cc1. The molecule has 2 N–H and O–H groups in total. The first kappa shape index (κ1) is 23.7. The number of hydrogen-bond acceptors (Lipinski definition) is 5. The molecule has 0 unspecified atom stereocenters.